The molecule has 0 aromatic rings. The molecule has 2 unspecified atom stereocenters. The summed E-state index contributed by atoms with van der Waals surface area (Å²) in [5.41, 5.74) is 2.65. The quantitative estimate of drug-likeness (QED) is 0.0614. The third kappa shape index (κ3) is 13.2. The van der Waals surface area contributed by atoms with E-state index >= 15 is 0 Å². The summed E-state index contributed by atoms with van der Waals surface area (Å²) in [6.45, 7) is 10.7. The van der Waals surface area contributed by atoms with Crippen molar-refractivity contribution < 1.29 is 38.5 Å². The maximum Gasteiger partial charge on any atom is 0.326 e. The van der Waals surface area contributed by atoms with Gasteiger partial charge < -0.3 is 24.2 Å². The van der Waals surface area contributed by atoms with E-state index in [9.17, 15) is 24.3 Å². The minimum atomic E-state index is -1.09. The van der Waals surface area contributed by atoms with Crippen LogP contribution in [-0.4, -0.2) is 84.7 Å². The van der Waals surface area contributed by atoms with Crippen molar-refractivity contribution in [1.82, 2.24) is 4.90 Å². The number of carboxylic acid groups (broad SMARTS) is 1. The number of amides is 1. The number of carbonyl (C=O) groups excluding carboxylic acids is 3. The molecule has 1 amide bonds. The van der Waals surface area contributed by atoms with Crippen LogP contribution in [0.4, 0.5) is 0 Å². The molecule has 2 saturated heterocycles. The summed E-state index contributed by atoms with van der Waals surface area (Å²) in [5.74, 6) is -1.68. The van der Waals surface area contributed by atoms with E-state index in [1.165, 1.54) is 54.6 Å². The largest absolute Gasteiger partial charge is 0.480 e. The molecule has 290 valence electrons. The van der Waals surface area contributed by atoms with Crippen LogP contribution >= 0.6 is 0 Å². The Balaban J connectivity index is 1.54. The van der Waals surface area contributed by atoms with Crippen molar-refractivity contribution in [3.8, 4) is 0 Å². The van der Waals surface area contributed by atoms with Gasteiger partial charge in [0.2, 0.25) is 5.78 Å². The van der Waals surface area contributed by atoms with E-state index in [-0.39, 0.29) is 36.5 Å². The number of ketones is 2. The summed E-state index contributed by atoms with van der Waals surface area (Å²) in [4.78, 5) is 53.1. The summed E-state index contributed by atoms with van der Waals surface area (Å²) in [6.07, 6.45) is 18.6. The lowest BCUT2D eigenvalue weighted by molar-refractivity contribution is -0.198. The molecule has 51 heavy (non-hydrogen) atoms. The van der Waals surface area contributed by atoms with Crippen LogP contribution in [0, 0.1) is 23.7 Å². The standard InChI is InChI=1S/C42H69NO8/c1-8-33(35(44)21-14-13-17-28(2)24-32-18-11-9-10-12-19-32)25-29(3)23-30(4)26-36(49-6)40-37(50-7)27-31(5)39(51-40)38(45)41(46)43-22-16-15-20-34(43)42(47)48/h24-25,30-34,36-37,39-40H,8-23,26-27H2,1-7H3,(H,47,48)/b28-24+,29-25+/t30-,31?,33+,34-,36-,37?,39-,40+/m0/s1. The van der Waals surface area contributed by atoms with Gasteiger partial charge in [-0.05, 0) is 109 Å². The number of piperidine rings is 1. The first-order chi connectivity index (χ1) is 24.4. The van der Waals surface area contributed by atoms with Crippen molar-refractivity contribution in [1.29, 1.82) is 0 Å². The number of allylic oxidation sites excluding steroid dienone is 4. The smallest absolute Gasteiger partial charge is 0.326 e. The second-order valence-corrected chi connectivity index (χ2v) is 16.0. The number of hydrogen-bond donors (Lipinski definition) is 1. The Morgan fingerprint density at radius 2 is 1.61 bits per heavy atom. The molecule has 8 atom stereocenters. The van der Waals surface area contributed by atoms with Gasteiger partial charge >= 0.3 is 5.97 Å². The van der Waals surface area contributed by atoms with Gasteiger partial charge in [-0.1, -0.05) is 69.8 Å². The molecule has 3 rings (SSSR count). The van der Waals surface area contributed by atoms with Gasteiger partial charge in [-0.25, -0.2) is 4.79 Å². The molecule has 2 aliphatic heterocycles. The maximum absolute atomic E-state index is 13.5. The van der Waals surface area contributed by atoms with Crippen LogP contribution in [0.25, 0.3) is 0 Å². The summed E-state index contributed by atoms with van der Waals surface area (Å²) >= 11 is 0. The van der Waals surface area contributed by atoms with E-state index < -0.39 is 35.9 Å². The van der Waals surface area contributed by atoms with E-state index in [1.54, 1.807) is 14.2 Å². The first kappa shape index (κ1) is 43.0. The molecule has 0 aromatic heterocycles. The minimum Gasteiger partial charge on any atom is -0.480 e. The number of carboxylic acids is 1. The number of ether oxygens (including phenoxy) is 3. The Morgan fingerprint density at radius 3 is 2.24 bits per heavy atom. The molecule has 9 nitrogen and oxygen atoms in total. The van der Waals surface area contributed by atoms with Gasteiger partial charge in [0.15, 0.2) is 0 Å². The lowest BCUT2D eigenvalue weighted by atomic mass is 9.84. The normalized spacial score (nSPS) is 27.4. The van der Waals surface area contributed by atoms with Gasteiger partial charge in [-0.15, -0.1) is 0 Å². The number of unbranched alkanes of at least 4 members (excludes halogenated alkanes) is 1. The maximum atomic E-state index is 13.5. The SMILES string of the molecule is CC[C@H](/C=C(\C)C[C@H](C)C[C@H](OC)[C@H]1O[C@H](C(=O)C(=O)N2CCCC[C@H]2C(=O)O)C(C)CC1OC)C(=O)CCCC/C(C)=C/C1CCCCCC1. The molecule has 1 N–H and O–H groups in total. The molecule has 0 bridgehead atoms. The molecule has 1 aliphatic carbocycles. The van der Waals surface area contributed by atoms with Gasteiger partial charge in [-0.3, -0.25) is 14.4 Å². The van der Waals surface area contributed by atoms with Gasteiger partial charge in [0.1, 0.15) is 24.0 Å². The average molecular weight is 716 g/mol. The Hall–Kier alpha value is -2.36. The fraction of sp³-hybridized carbons (Fsp3) is 0.810. The van der Waals surface area contributed by atoms with Crippen LogP contribution in [0.3, 0.4) is 0 Å². The minimum absolute atomic E-state index is 0.0796. The molecule has 9 heteroatoms. The average Bonchev–Trinajstić information content (AvgIpc) is 3.39. The lowest BCUT2D eigenvalue weighted by Crippen LogP contribution is -2.57. The summed E-state index contributed by atoms with van der Waals surface area (Å²) in [6, 6.07) is -0.991. The number of carbonyl (C=O) groups is 4. The highest BCUT2D eigenvalue weighted by atomic mass is 16.6. The van der Waals surface area contributed by atoms with Crippen molar-refractivity contribution >= 4 is 23.4 Å². The Labute approximate surface area is 308 Å². The highest BCUT2D eigenvalue weighted by Gasteiger charge is 2.47. The van der Waals surface area contributed by atoms with Crippen molar-refractivity contribution in [3.05, 3.63) is 23.3 Å². The zero-order valence-corrected chi connectivity index (χ0v) is 32.8. The number of nitrogens with zero attached hydrogens (tertiary/aromatic N) is 1. The van der Waals surface area contributed by atoms with E-state index in [0.29, 0.717) is 44.3 Å². The highest BCUT2D eigenvalue weighted by molar-refractivity contribution is 6.38. The number of likely N-dealkylation sites (tertiary alicyclic amines) is 1. The fourth-order valence-corrected chi connectivity index (χ4v) is 8.68. The third-order valence-corrected chi connectivity index (χ3v) is 11.6. The molecular formula is C42H69NO8. The topological polar surface area (TPSA) is 119 Å². The monoisotopic (exact) mass is 716 g/mol. The van der Waals surface area contributed by atoms with Crippen molar-refractivity contribution in [2.75, 3.05) is 20.8 Å². The molecule has 1 saturated carbocycles. The molecule has 2 heterocycles. The van der Waals surface area contributed by atoms with Gasteiger partial charge in [0, 0.05) is 33.1 Å². The number of methoxy groups -OCH3 is 2. The fourth-order valence-electron chi connectivity index (χ4n) is 8.68. The second kappa shape index (κ2) is 22.0. The van der Waals surface area contributed by atoms with E-state index in [2.05, 4.69) is 39.8 Å². The van der Waals surface area contributed by atoms with E-state index in [0.717, 1.165) is 38.0 Å². The van der Waals surface area contributed by atoms with Crippen molar-refractivity contribution in [2.24, 2.45) is 23.7 Å². The lowest BCUT2D eigenvalue weighted by Gasteiger charge is -2.43. The molecule has 3 fully saturated rings. The Morgan fingerprint density at radius 1 is 0.941 bits per heavy atom. The van der Waals surface area contributed by atoms with Crippen LogP contribution < -0.4 is 0 Å². The van der Waals surface area contributed by atoms with Crippen LogP contribution in [0.15, 0.2) is 23.3 Å². The predicted octanol–water partition coefficient (Wildman–Crippen LogP) is 8.28. The van der Waals surface area contributed by atoms with E-state index in [4.69, 9.17) is 14.2 Å². The van der Waals surface area contributed by atoms with Crippen LogP contribution in [0.2, 0.25) is 0 Å². The Kier molecular flexibility index (Phi) is 18.6. The van der Waals surface area contributed by atoms with Crippen LogP contribution in [0.5, 0.6) is 0 Å². The van der Waals surface area contributed by atoms with Gasteiger partial charge in [0.25, 0.3) is 5.91 Å². The van der Waals surface area contributed by atoms with Crippen molar-refractivity contribution in [2.45, 2.75) is 174 Å². The van der Waals surface area contributed by atoms with Crippen LogP contribution in [0.1, 0.15) is 144 Å². The van der Waals surface area contributed by atoms with Crippen molar-refractivity contribution in [3.63, 3.8) is 0 Å². The zero-order chi connectivity index (χ0) is 37.5. The first-order valence-corrected chi connectivity index (χ1v) is 20.1. The number of rotatable bonds is 19. The predicted molar refractivity (Wildman–Crippen MR) is 200 cm³/mol. The first-order valence-electron chi connectivity index (χ1n) is 20.1. The summed E-state index contributed by atoms with van der Waals surface area (Å²) in [7, 11) is 3.25. The molecular weight excluding hydrogens is 646 g/mol. The second-order valence-electron chi connectivity index (χ2n) is 16.0. The highest BCUT2D eigenvalue weighted by Crippen LogP contribution is 2.34. The molecule has 0 radical (unpaired) electrons. The molecule has 0 aromatic carbocycles. The number of Topliss-reactive ketones (excluding diaryl/α,β-unsaturated/α-hetero) is 2. The zero-order valence-electron chi connectivity index (χ0n) is 32.8. The third-order valence-electron chi connectivity index (χ3n) is 11.6. The summed E-state index contributed by atoms with van der Waals surface area (Å²) < 4.78 is 18.2. The molecule has 0 spiro atoms. The number of hydrogen-bond acceptors (Lipinski definition) is 7. The van der Waals surface area contributed by atoms with E-state index in [1.807, 2.05) is 6.92 Å². The van der Waals surface area contributed by atoms with Gasteiger partial charge in [-0.2, -0.15) is 0 Å². The Bertz CT molecular complexity index is 1190. The van der Waals surface area contributed by atoms with Gasteiger partial charge in [0.05, 0.1) is 12.2 Å². The number of aliphatic carboxylic acids is 1. The molecule has 3 aliphatic rings. The summed E-state index contributed by atoms with van der Waals surface area (Å²) in [5, 5.41) is 9.67. The van der Waals surface area contributed by atoms with Crippen LogP contribution in [-0.2, 0) is 33.4 Å².